The Balaban J connectivity index is 1.82. The number of aromatic nitrogens is 2. The summed E-state index contributed by atoms with van der Waals surface area (Å²) in [5, 5.41) is 4.75. The van der Waals surface area contributed by atoms with Gasteiger partial charge in [-0.15, -0.1) is 0 Å². The summed E-state index contributed by atoms with van der Waals surface area (Å²) in [6, 6.07) is 28.3. The van der Waals surface area contributed by atoms with Gasteiger partial charge in [0.2, 0.25) is 0 Å². The second-order valence-corrected chi connectivity index (χ2v) is 9.69. The number of imidazole rings is 1. The molecule has 0 aliphatic heterocycles. The lowest BCUT2D eigenvalue weighted by molar-refractivity contribution is -0.159. The van der Waals surface area contributed by atoms with Crippen molar-refractivity contribution in [2.24, 2.45) is 5.10 Å². The first kappa shape index (κ1) is 24.9. The summed E-state index contributed by atoms with van der Waals surface area (Å²) in [6.45, 7) is 7.27. The van der Waals surface area contributed by atoms with Gasteiger partial charge in [-0.05, 0) is 33.3 Å². The molecule has 6 heteroatoms. The van der Waals surface area contributed by atoms with Crippen LogP contribution in [0.5, 0.6) is 0 Å². The van der Waals surface area contributed by atoms with Gasteiger partial charge in [0.1, 0.15) is 11.6 Å². The molecule has 4 aromatic rings. The van der Waals surface area contributed by atoms with E-state index in [0.29, 0.717) is 17.8 Å². The molecule has 36 heavy (non-hydrogen) atoms. The first-order chi connectivity index (χ1) is 17.2. The van der Waals surface area contributed by atoms with E-state index in [1.165, 1.54) is 9.24 Å². The van der Waals surface area contributed by atoms with E-state index in [1.807, 2.05) is 112 Å². The van der Waals surface area contributed by atoms with Crippen LogP contribution in [0.2, 0.25) is 0 Å². The summed E-state index contributed by atoms with van der Waals surface area (Å²) in [6.07, 6.45) is 1.99. The number of ether oxygens (including phenoxy) is 1. The third kappa shape index (κ3) is 5.89. The van der Waals surface area contributed by atoms with E-state index in [1.54, 1.807) is 13.1 Å². The van der Waals surface area contributed by atoms with Crippen molar-refractivity contribution in [3.05, 3.63) is 130 Å². The average molecular weight is 482 g/mol. The fraction of sp³-hybridized carbons (Fsp3) is 0.233. The highest BCUT2D eigenvalue weighted by Crippen LogP contribution is 2.21. The van der Waals surface area contributed by atoms with Crippen molar-refractivity contribution < 1.29 is 9.53 Å². The van der Waals surface area contributed by atoms with Gasteiger partial charge in [-0.1, -0.05) is 91.0 Å². The molecular formula is C30H31N3O3. The molecule has 0 radical (unpaired) electrons. The van der Waals surface area contributed by atoms with E-state index in [-0.39, 0.29) is 0 Å². The predicted octanol–water partition coefficient (Wildman–Crippen LogP) is 5.38. The van der Waals surface area contributed by atoms with E-state index in [4.69, 9.17) is 9.84 Å². The number of benzene rings is 3. The second kappa shape index (κ2) is 10.6. The average Bonchev–Trinajstić information content (AvgIpc) is 3.14. The van der Waals surface area contributed by atoms with E-state index >= 15 is 0 Å². The minimum absolute atomic E-state index is 0.328. The first-order valence-electron chi connectivity index (χ1n) is 12.0. The molecule has 1 atom stereocenters. The summed E-state index contributed by atoms with van der Waals surface area (Å²) in [5.74, 6) is -0.454. The van der Waals surface area contributed by atoms with Crippen molar-refractivity contribution in [3.63, 3.8) is 0 Å². The van der Waals surface area contributed by atoms with Gasteiger partial charge in [0.15, 0.2) is 0 Å². The van der Waals surface area contributed by atoms with Crippen LogP contribution in [-0.4, -0.2) is 26.5 Å². The molecule has 0 saturated carbocycles. The largest absolute Gasteiger partial charge is 0.458 e. The Hall–Kier alpha value is -4.19. The van der Waals surface area contributed by atoms with Gasteiger partial charge in [-0.2, -0.15) is 9.78 Å². The van der Waals surface area contributed by atoms with Crippen LogP contribution >= 0.6 is 0 Å². The van der Waals surface area contributed by atoms with E-state index in [2.05, 4.69) is 0 Å². The molecular weight excluding hydrogens is 450 g/mol. The van der Waals surface area contributed by atoms with E-state index in [0.717, 1.165) is 16.7 Å². The Kier molecular flexibility index (Phi) is 7.34. The molecule has 3 aromatic carbocycles. The highest BCUT2D eigenvalue weighted by atomic mass is 16.6. The fourth-order valence-corrected chi connectivity index (χ4v) is 4.08. The van der Waals surface area contributed by atoms with Crippen molar-refractivity contribution in [2.75, 3.05) is 0 Å². The zero-order valence-electron chi connectivity index (χ0n) is 21.1. The van der Waals surface area contributed by atoms with Gasteiger partial charge < -0.3 is 4.74 Å². The highest BCUT2D eigenvalue weighted by molar-refractivity contribution is 6.12. The predicted molar refractivity (Wildman–Crippen MR) is 142 cm³/mol. The first-order valence-corrected chi connectivity index (χ1v) is 12.0. The summed E-state index contributed by atoms with van der Waals surface area (Å²) in [5.41, 5.74) is 2.90. The molecule has 0 aliphatic rings. The number of rotatable bonds is 7. The Labute approximate surface area is 211 Å². The molecule has 0 spiro atoms. The molecule has 0 aliphatic carbocycles. The van der Waals surface area contributed by atoms with Crippen LogP contribution in [0, 0.1) is 6.92 Å². The molecule has 0 amide bonds. The number of esters is 1. The van der Waals surface area contributed by atoms with Crippen molar-refractivity contribution in [1.29, 1.82) is 0 Å². The molecule has 4 rings (SSSR count). The van der Waals surface area contributed by atoms with Crippen LogP contribution in [0.4, 0.5) is 0 Å². The molecule has 0 bridgehead atoms. The van der Waals surface area contributed by atoms with Crippen molar-refractivity contribution in [1.82, 2.24) is 9.24 Å². The molecule has 0 N–H and O–H groups in total. The number of hydrogen-bond donors (Lipinski definition) is 0. The summed E-state index contributed by atoms with van der Waals surface area (Å²) < 4.78 is 8.52. The van der Waals surface area contributed by atoms with Gasteiger partial charge in [0, 0.05) is 23.2 Å². The standard InChI is InChI=1S/C30H31N3O3/c1-22-21-32(31-27(24-16-10-6-11-17-24)25-18-12-7-13-19-25)29(35)33(22)26(28(34)36-30(2,3)4)20-23-14-8-5-9-15-23/h5-19,21,26H,20H2,1-4H3. The zero-order valence-corrected chi connectivity index (χ0v) is 21.1. The van der Waals surface area contributed by atoms with E-state index in [9.17, 15) is 9.59 Å². The summed E-state index contributed by atoms with van der Waals surface area (Å²) in [4.78, 5) is 27.0. The minimum Gasteiger partial charge on any atom is -0.458 e. The van der Waals surface area contributed by atoms with Crippen LogP contribution < -0.4 is 5.69 Å². The third-order valence-corrected chi connectivity index (χ3v) is 5.66. The van der Waals surface area contributed by atoms with Crippen LogP contribution in [-0.2, 0) is 16.0 Å². The van der Waals surface area contributed by atoms with Crippen LogP contribution in [0.1, 0.15) is 49.2 Å². The maximum absolute atomic E-state index is 13.7. The monoisotopic (exact) mass is 481 g/mol. The lowest BCUT2D eigenvalue weighted by Gasteiger charge is -2.25. The minimum atomic E-state index is -0.826. The Morgan fingerprint density at radius 2 is 1.36 bits per heavy atom. The molecule has 184 valence electrons. The number of carbonyl (C=O) groups is 1. The number of aryl methyl sites for hydroxylation is 1. The molecule has 1 unspecified atom stereocenters. The lowest BCUT2D eigenvalue weighted by atomic mass is 10.0. The summed E-state index contributed by atoms with van der Waals surface area (Å²) in [7, 11) is 0. The maximum Gasteiger partial charge on any atom is 0.349 e. The second-order valence-electron chi connectivity index (χ2n) is 9.69. The third-order valence-electron chi connectivity index (χ3n) is 5.66. The number of nitrogens with zero attached hydrogens (tertiary/aromatic N) is 3. The lowest BCUT2D eigenvalue weighted by Crippen LogP contribution is -2.37. The van der Waals surface area contributed by atoms with Crippen molar-refractivity contribution >= 4 is 11.7 Å². The maximum atomic E-state index is 13.7. The Morgan fingerprint density at radius 1 is 0.861 bits per heavy atom. The SMILES string of the molecule is Cc1cn(N=C(c2ccccc2)c2ccccc2)c(=O)n1C(Cc1ccccc1)C(=O)OC(C)(C)C. The topological polar surface area (TPSA) is 65.6 Å². The summed E-state index contributed by atoms with van der Waals surface area (Å²) >= 11 is 0. The van der Waals surface area contributed by atoms with E-state index < -0.39 is 23.3 Å². The van der Waals surface area contributed by atoms with Gasteiger partial charge in [-0.25, -0.2) is 9.59 Å². The van der Waals surface area contributed by atoms with Crippen LogP contribution in [0.15, 0.2) is 107 Å². The Bertz CT molecular complexity index is 1360. The smallest absolute Gasteiger partial charge is 0.349 e. The van der Waals surface area contributed by atoms with Crippen molar-refractivity contribution in [2.45, 2.75) is 45.8 Å². The zero-order chi connectivity index (χ0) is 25.7. The Morgan fingerprint density at radius 3 is 1.86 bits per heavy atom. The highest BCUT2D eigenvalue weighted by Gasteiger charge is 2.30. The van der Waals surface area contributed by atoms with Gasteiger partial charge >= 0.3 is 11.7 Å². The van der Waals surface area contributed by atoms with Gasteiger partial charge in [-0.3, -0.25) is 4.57 Å². The van der Waals surface area contributed by atoms with Crippen molar-refractivity contribution in [3.8, 4) is 0 Å². The molecule has 1 heterocycles. The molecule has 0 saturated heterocycles. The van der Waals surface area contributed by atoms with Gasteiger partial charge in [0.05, 0.1) is 11.9 Å². The van der Waals surface area contributed by atoms with Gasteiger partial charge in [0.25, 0.3) is 0 Å². The molecule has 1 aromatic heterocycles. The van der Waals surface area contributed by atoms with Crippen LogP contribution in [0.3, 0.4) is 0 Å². The molecule has 6 nitrogen and oxygen atoms in total. The normalized spacial score (nSPS) is 12.1. The van der Waals surface area contributed by atoms with Crippen LogP contribution in [0.25, 0.3) is 0 Å². The fourth-order valence-electron chi connectivity index (χ4n) is 4.08. The number of carbonyl (C=O) groups excluding carboxylic acids is 1. The number of hydrogen-bond acceptors (Lipinski definition) is 4. The quantitative estimate of drug-likeness (QED) is 0.263. The molecule has 0 fully saturated rings.